The first-order chi connectivity index (χ1) is 10.1. The highest BCUT2D eigenvalue weighted by atomic mass is 16.5. The van der Waals surface area contributed by atoms with Crippen molar-refractivity contribution in [3.05, 3.63) is 0 Å². The first-order valence-corrected chi connectivity index (χ1v) is 9.05. The maximum Gasteiger partial charge on any atom is 0.0543 e. The van der Waals surface area contributed by atoms with Crippen molar-refractivity contribution < 1.29 is 9.47 Å². The third-order valence-corrected chi connectivity index (χ3v) is 5.66. The zero-order valence-corrected chi connectivity index (χ0v) is 15.1. The summed E-state index contributed by atoms with van der Waals surface area (Å²) in [5, 5.41) is 0. The summed E-state index contributed by atoms with van der Waals surface area (Å²) in [6, 6.07) is 0. The lowest BCUT2D eigenvalue weighted by Gasteiger charge is -2.43. The molecular formula is C19H38O2. The second kappa shape index (κ2) is 9.84. The van der Waals surface area contributed by atoms with E-state index in [2.05, 4.69) is 20.8 Å². The van der Waals surface area contributed by atoms with Crippen LogP contribution < -0.4 is 0 Å². The largest absolute Gasteiger partial charge is 0.384 e. The summed E-state index contributed by atoms with van der Waals surface area (Å²) in [5.41, 5.74) is 0.242. The van der Waals surface area contributed by atoms with Gasteiger partial charge < -0.3 is 9.47 Å². The molecule has 0 heterocycles. The molecule has 0 aromatic rings. The van der Waals surface area contributed by atoms with E-state index < -0.39 is 0 Å². The Morgan fingerprint density at radius 3 is 2.05 bits per heavy atom. The molecule has 2 nitrogen and oxygen atoms in total. The van der Waals surface area contributed by atoms with Crippen molar-refractivity contribution in [2.24, 2.45) is 23.2 Å². The van der Waals surface area contributed by atoms with E-state index in [9.17, 15) is 0 Å². The molecular weight excluding hydrogens is 260 g/mol. The van der Waals surface area contributed by atoms with Gasteiger partial charge in [-0.05, 0) is 37.0 Å². The van der Waals surface area contributed by atoms with Crippen molar-refractivity contribution in [2.45, 2.75) is 72.1 Å². The Balaban J connectivity index is 2.71. The molecule has 0 bridgehead atoms. The molecule has 0 saturated heterocycles. The fourth-order valence-corrected chi connectivity index (χ4v) is 4.24. The van der Waals surface area contributed by atoms with Crippen LogP contribution in [0.15, 0.2) is 0 Å². The SMILES string of the molecule is CCCC(C)CCC(COC)(COC)C1CCC(C)CC1. The van der Waals surface area contributed by atoms with Gasteiger partial charge in [0.25, 0.3) is 0 Å². The van der Waals surface area contributed by atoms with Crippen molar-refractivity contribution >= 4 is 0 Å². The quantitative estimate of drug-likeness (QED) is 0.544. The lowest BCUT2D eigenvalue weighted by Crippen LogP contribution is -2.41. The molecule has 0 spiro atoms. The van der Waals surface area contributed by atoms with E-state index in [0.29, 0.717) is 0 Å². The number of hydrogen-bond donors (Lipinski definition) is 0. The molecule has 2 heteroatoms. The summed E-state index contributed by atoms with van der Waals surface area (Å²) in [4.78, 5) is 0. The minimum absolute atomic E-state index is 0.242. The van der Waals surface area contributed by atoms with Crippen LogP contribution in [0.3, 0.4) is 0 Å². The van der Waals surface area contributed by atoms with Crippen LogP contribution in [0.5, 0.6) is 0 Å². The second-order valence-electron chi connectivity index (χ2n) is 7.62. The molecule has 0 aromatic carbocycles. The van der Waals surface area contributed by atoms with E-state index >= 15 is 0 Å². The van der Waals surface area contributed by atoms with E-state index in [1.54, 1.807) is 0 Å². The van der Waals surface area contributed by atoms with Crippen molar-refractivity contribution in [1.82, 2.24) is 0 Å². The van der Waals surface area contributed by atoms with Gasteiger partial charge in [0, 0.05) is 19.6 Å². The summed E-state index contributed by atoms with van der Waals surface area (Å²) < 4.78 is 11.3. The zero-order valence-electron chi connectivity index (χ0n) is 15.1. The summed E-state index contributed by atoms with van der Waals surface area (Å²) in [5.74, 6) is 2.51. The summed E-state index contributed by atoms with van der Waals surface area (Å²) in [6.07, 6.45) is 10.7. The van der Waals surface area contributed by atoms with E-state index in [4.69, 9.17) is 9.47 Å². The molecule has 0 radical (unpaired) electrons. The number of rotatable bonds is 10. The summed E-state index contributed by atoms with van der Waals surface area (Å²) >= 11 is 0. The molecule has 126 valence electrons. The van der Waals surface area contributed by atoms with Crippen LogP contribution in [-0.2, 0) is 9.47 Å². The molecule has 1 aliphatic carbocycles. The van der Waals surface area contributed by atoms with E-state index in [0.717, 1.165) is 31.0 Å². The van der Waals surface area contributed by atoms with Crippen LogP contribution in [-0.4, -0.2) is 27.4 Å². The molecule has 1 fully saturated rings. The Hall–Kier alpha value is -0.0800. The predicted molar refractivity (Wildman–Crippen MR) is 90.6 cm³/mol. The van der Waals surface area contributed by atoms with Crippen LogP contribution in [0.1, 0.15) is 72.1 Å². The predicted octanol–water partition coefficient (Wildman–Crippen LogP) is 5.31. The topological polar surface area (TPSA) is 18.5 Å². The molecule has 0 amide bonds. The molecule has 1 atom stereocenters. The average Bonchev–Trinajstić information content (AvgIpc) is 2.46. The molecule has 0 aliphatic heterocycles. The molecule has 1 unspecified atom stereocenters. The van der Waals surface area contributed by atoms with Gasteiger partial charge in [0.1, 0.15) is 0 Å². The first-order valence-electron chi connectivity index (χ1n) is 9.05. The van der Waals surface area contributed by atoms with Gasteiger partial charge >= 0.3 is 0 Å². The Kier molecular flexibility index (Phi) is 8.89. The van der Waals surface area contributed by atoms with E-state index in [1.807, 2.05) is 14.2 Å². The molecule has 21 heavy (non-hydrogen) atoms. The third-order valence-electron chi connectivity index (χ3n) is 5.66. The minimum atomic E-state index is 0.242. The van der Waals surface area contributed by atoms with Crippen LogP contribution in [0, 0.1) is 23.2 Å². The van der Waals surface area contributed by atoms with Crippen LogP contribution in [0.2, 0.25) is 0 Å². The fraction of sp³-hybridized carbons (Fsp3) is 1.00. The maximum absolute atomic E-state index is 5.65. The lowest BCUT2D eigenvalue weighted by molar-refractivity contribution is -0.0526. The highest BCUT2D eigenvalue weighted by molar-refractivity contribution is 4.89. The molecule has 1 rings (SSSR count). The second-order valence-corrected chi connectivity index (χ2v) is 7.62. The van der Waals surface area contributed by atoms with E-state index in [1.165, 1.54) is 51.4 Å². The fourth-order valence-electron chi connectivity index (χ4n) is 4.24. The Labute approximate surface area is 133 Å². The standard InChI is InChI=1S/C19H38O2/c1-6-7-16(2)12-13-19(14-20-4,15-21-5)18-10-8-17(3)9-11-18/h16-18H,6-15H2,1-5H3. The number of ether oxygens (including phenoxy) is 2. The average molecular weight is 299 g/mol. The summed E-state index contributed by atoms with van der Waals surface area (Å²) in [6.45, 7) is 8.80. The van der Waals surface area contributed by atoms with Crippen LogP contribution in [0.25, 0.3) is 0 Å². The molecule has 1 saturated carbocycles. The number of hydrogen-bond acceptors (Lipinski definition) is 2. The normalized spacial score (nSPS) is 25.0. The van der Waals surface area contributed by atoms with E-state index in [-0.39, 0.29) is 5.41 Å². The van der Waals surface area contributed by atoms with Crippen LogP contribution >= 0.6 is 0 Å². The summed E-state index contributed by atoms with van der Waals surface area (Å²) in [7, 11) is 3.71. The smallest absolute Gasteiger partial charge is 0.0543 e. The zero-order chi connectivity index (χ0) is 15.7. The number of methoxy groups -OCH3 is 2. The van der Waals surface area contributed by atoms with Gasteiger partial charge in [-0.3, -0.25) is 0 Å². The van der Waals surface area contributed by atoms with Gasteiger partial charge in [0.05, 0.1) is 13.2 Å². The molecule has 1 aliphatic rings. The monoisotopic (exact) mass is 298 g/mol. The van der Waals surface area contributed by atoms with Gasteiger partial charge in [-0.2, -0.15) is 0 Å². The lowest BCUT2D eigenvalue weighted by atomic mass is 9.65. The Morgan fingerprint density at radius 2 is 1.57 bits per heavy atom. The maximum atomic E-state index is 5.65. The van der Waals surface area contributed by atoms with Crippen LogP contribution in [0.4, 0.5) is 0 Å². The third kappa shape index (κ3) is 5.90. The van der Waals surface area contributed by atoms with Crippen molar-refractivity contribution in [3.63, 3.8) is 0 Å². The Bertz CT molecular complexity index is 250. The molecule has 0 N–H and O–H groups in total. The van der Waals surface area contributed by atoms with Crippen molar-refractivity contribution in [1.29, 1.82) is 0 Å². The van der Waals surface area contributed by atoms with Gasteiger partial charge in [0.2, 0.25) is 0 Å². The van der Waals surface area contributed by atoms with Crippen molar-refractivity contribution in [3.8, 4) is 0 Å². The van der Waals surface area contributed by atoms with Gasteiger partial charge in [-0.1, -0.05) is 52.9 Å². The van der Waals surface area contributed by atoms with Gasteiger partial charge in [0.15, 0.2) is 0 Å². The molecule has 0 aromatic heterocycles. The first kappa shape index (κ1) is 19.0. The minimum Gasteiger partial charge on any atom is -0.384 e. The van der Waals surface area contributed by atoms with Gasteiger partial charge in [-0.15, -0.1) is 0 Å². The van der Waals surface area contributed by atoms with Crippen molar-refractivity contribution in [2.75, 3.05) is 27.4 Å². The van der Waals surface area contributed by atoms with Gasteiger partial charge in [-0.25, -0.2) is 0 Å². The highest BCUT2D eigenvalue weighted by Crippen LogP contribution is 2.44. The Morgan fingerprint density at radius 1 is 1.00 bits per heavy atom. The highest BCUT2D eigenvalue weighted by Gasteiger charge is 2.40.